The van der Waals surface area contributed by atoms with Crippen LogP contribution in [0.15, 0.2) is 24.3 Å². The molecule has 1 aromatic heterocycles. The number of hydrazine groups is 1. The van der Waals surface area contributed by atoms with Gasteiger partial charge in [0, 0.05) is 23.2 Å². The molecule has 0 amide bonds. The first-order valence-corrected chi connectivity index (χ1v) is 6.83. The number of anilines is 1. The highest BCUT2D eigenvalue weighted by Gasteiger charge is 2.26. The predicted molar refractivity (Wildman–Crippen MR) is 80.4 cm³/mol. The molecule has 0 spiro atoms. The van der Waals surface area contributed by atoms with Crippen LogP contribution in [0.25, 0.3) is 11.4 Å². The van der Waals surface area contributed by atoms with Crippen LogP contribution < -0.4 is 20.7 Å². The first-order valence-electron chi connectivity index (χ1n) is 6.83. The molecule has 1 fully saturated rings. The van der Waals surface area contributed by atoms with Crippen LogP contribution in [0.1, 0.15) is 24.5 Å². The number of ether oxygens (including phenoxy) is 2. The van der Waals surface area contributed by atoms with E-state index in [2.05, 4.69) is 15.4 Å². The van der Waals surface area contributed by atoms with E-state index in [9.17, 15) is 0 Å². The van der Waals surface area contributed by atoms with E-state index in [1.54, 1.807) is 14.2 Å². The maximum atomic E-state index is 5.50. The fourth-order valence-corrected chi connectivity index (χ4v) is 2.23. The number of benzene rings is 1. The highest BCUT2D eigenvalue weighted by atomic mass is 16.5. The molecular formula is C15H18N4O2. The third-order valence-corrected chi connectivity index (χ3v) is 3.53. The number of rotatable bonds is 5. The van der Waals surface area contributed by atoms with Gasteiger partial charge in [0.15, 0.2) is 17.3 Å². The van der Waals surface area contributed by atoms with Crippen molar-refractivity contribution in [3.05, 3.63) is 30.0 Å². The van der Waals surface area contributed by atoms with Crippen molar-refractivity contribution >= 4 is 5.82 Å². The van der Waals surface area contributed by atoms with Gasteiger partial charge in [0.2, 0.25) is 0 Å². The Bertz CT molecular complexity index is 656. The van der Waals surface area contributed by atoms with E-state index in [4.69, 9.17) is 15.3 Å². The van der Waals surface area contributed by atoms with Gasteiger partial charge >= 0.3 is 0 Å². The zero-order chi connectivity index (χ0) is 14.8. The van der Waals surface area contributed by atoms with Crippen molar-refractivity contribution in [2.24, 2.45) is 5.84 Å². The lowest BCUT2D eigenvalue weighted by Crippen LogP contribution is -2.10. The number of methoxy groups -OCH3 is 2. The average molecular weight is 286 g/mol. The fourth-order valence-electron chi connectivity index (χ4n) is 2.23. The smallest absolute Gasteiger partial charge is 0.161 e. The summed E-state index contributed by atoms with van der Waals surface area (Å²) < 4.78 is 10.6. The van der Waals surface area contributed by atoms with Gasteiger partial charge in [0.05, 0.1) is 14.2 Å². The normalized spacial score (nSPS) is 13.9. The Hall–Kier alpha value is -2.34. The minimum absolute atomic E-state index is 0.527. The standard InChI is InChI=1S/C15H18N4O2/c1-20-12-6-5-10(7-13(12)21-2)15-17-11(9-3-4-9)8-14(18-15)19-16/h5-9H,3-4,16H2,1-2H3,(H,17,18,19). The van der Waals surface area contributed by atoms with Crippen LogP contribution in [0, 0.1) is 0 Å². The van der Waals surface area contributed by atoms with Crippen LogP contribution in [-0.2, 0) is 0 Å². The van der Waals surface area contributed by atoms with Crippen LogP contribution in [0.3, 0.4) is 0 Å². The quantitative estimate of drug-likeness (QED) is 0.648. The van der Waals surface area contributed by atoms with Crippen LogP contribution >= 0.6 is 0 Å². The molecule has 0 unspecified atom stereocenters. The van der Waals surface area contributed by atoms with E-state index in [1.807, 2.05) is 24.3 Å². The highest BCUT2D eigenvalue weighted by Crippen LogP contribution is 2.40. The molecule has 3 rings (SSSR count). The first kappa shape index (κ1) is 13.6. The molecule has 110 valence electrons. The van der Waals surface area contributed by atoms with Gasteiger partial charge in [0.25, 0.3) is 0 Å². The Morgan fingerprint density at radius 3 is 2.48 bits per heavy atom. The lowest BCUT2D eigenvalue weighted by molar-refractivity contribution is 0.355. The molecule has 0 atom stereocenters. The predicted octanol–water partition coefficient (Wildman–Crippen LogP) is 2.32. The lowest BCUT2D eigenvalue weighted by Gasteiger charge is -2.10. The molecule has 0 saturated heterocycles. The monoisotopic (exact) mass is 286 g/mol. The Morgan fingerprint density at radius 2 is 1.86 bits per heavy atom. The summed E-state index contributed by atoms with van der Waals surface area (Å²) in [5, 5.41) is 0. The molecule has 0 aliphatic heterocycles. The van der Waals surface area contributed by atoms with Crippen molar-refractivity contribution in [3.63, 3.8) is 0 Å². The molecular weight excluding hydrogens is 268 g/mol. The Kier molecular flexibility index (Phi) is 3.62. The largest absolute Gasteiger partial charge is 0.493 e. The zero-order valence-corrected chi connectivity index (χ0v) is 12.1. The molecule has 0 bridgehead atoms. The number of hydrogen-bond acceptors (Lipinski definition) is 6. The third-order valence-electron chi connectivity index (χ3n) is 3.53. The number of aromatic nitrogens is 2. The second-order valence-corrected chi connectivity index (χ2v) is 4.99. The van der Waals surface area contributed by atoms with Crippen molar-refractivity contribution in [1.82, 2.24) is 9.97 Å². The van der Waals surface area contributed by atoms with Gasteiger partial charge in [-0.2, -0.15) is 0 Å². The molecule has 3 N–H and O–H groups in total. The van der Waals surface area contributed by atoms with Gasteiger partial charge in [0.1, 0.15) is 5.82 Å². The van der Waals surface area contributed by atoms with Crippen molar-refractivity contribution in [2.75, 3.05) is 19.6 Å². The summed E-state index contributed by atoms with van der Waals surface area (Å²) in [6.07, 6.45) is 2.35. The molecule has 1 aromatic carbocycles. The Balaban J connectivity index is 2.04. The molecule has 1 aliphatic rings. The van der Waals surface area contributed by atoms with E-state index in [1.165, 1.54) is 12.8 Å². The summed E-state index contributed by atoms with van der Waals surface area (Å²) in [5.74, 6) is 8.61. The van der Waals surface area contributed by atoms with Gasteiger partial charge < -0.3 is 14.9 Å². The van der Waals surface area contributed by atoms with Crippen LogP contribution in [0.5, 0.6) is 11.5 Å². The highest BCUT2D eigenvalue weighted by molar-refractivity contribution is 5.62. The second kappa shape index (κ2) is 5.57. The number of nitrogens with two attached hydrogens (primary N) is 1. The SMILES string of the molecule is COc1ccc(-c2nc(NN)cc(C3CC3)n2)cc1OC. The average Bonchev–Trinajstić information content (AvgIpc) is 3.38. The number of hydrogen-bond donors (Lipinski definition) is 2. The molecule has 1 saturated carbocycles. The molecule has 2 aromatic rings. The van der Waals surface area contributed by atoms with E-state index >= 15 is 0 Å². The third kappa shape index (κ3) is 2.75. The van der Waals surface area contributed by atoms with Crippen molar-refractivity contribution in [1.29, 1.82) is 0 Å². The summed E-state index contributed by atoms with van der Waals surface area (Å²) in [5.41, 5.74) is 4.50. The molecule has 0 radical (unpaired) electrons. The maximum absolute atomic E-state index is 5.50. The van der Waals surface area contributed by atoms with Gasteiger partial charge in [-0.15, -0.1) is 0 Å². The summed E-state index contributed by atoms with van der Waals surface area (Å²) in [6, 6.07) is 7.53. The maximum Gasteiger partial charge on any atom is 0.161 e. The van der Waals surface area contributed by atoms with Crippen molar-refractivity contribution < 1.29 is 9.47 Å². The zero-order valence-electron chi connectivity index (χ0n) is 12.1. The van der Waals surface area contributed by atoms with Crippen LogP contribution in [0.2, 0.25) is 0 Å². The summed E-state index contributed by atoms with van der Waals surface area (Å²) in [7, 11) is 3.22. The molecule has 6 heteroatoms. The molecule has 1 aliphatic carbocycles. The molecule has 21 heavy (non-hydrogen) atoms. The van der Waals surface area contributed by atoms with Gasteiger partial charge in [-0.1, -0.05) is 0 Å². The summed E-state index contributed by atoms with van der Waals surface area (Å²) >= 11 is 0. The number of nitrogens with one attached hydrogen (secondary N) is 1. The van der Waals surface area contributed by atoms with Gasteiger partial charge in [-0.05, 0) is 31.0 Å². The minimum Gasteiger partial charge on any atom is -0.493 e. The Labute approximate surface area is 123 Å². The Morgan fingerprint density at radius 1 is 1.10 bits per heavy atom. The number of nitrogens with zero attached hydrogens (tertiary/aromatic N) is 2. The first-order chi connectivity index (χ1) is 10.2. The van der Waals surface area contributed by atoms with Gasteiger partial charge in [-0.25, -0.2) is 15.8 Å². The van der Waals surface area contributed by atoms with Crippen LogP contribution in [0.4, 0.5) is 5.82 Å². The van der Waals surface area contributed by atoms with E-state index in [0.717, 1.165) is 11.3 Å². The lowest BCUT2D eigenvalue weighted by atomic mass is 10.1. The minimum atomic E-state index is 0.527. The molecule has 1 heterocycles. The van der Waals surface area contributed by atoms with E-state index in [-0.39, 0.29) is 0 Å². The number of nitrogen functional groups attached to an aromatic ring is 1. The van der Waals surface area contributed by atoms with Crippen molar-refractivity contribution in [2.45, 2.75) is 18.8 Å². The summed E-state index contributed by atoms with van der Waals surface area (Å²) in [4.78, 5) is 9.06. The summed E-state index contributed by atoms with van der Waals surface area (Å²) in [6.45, 7) is 0. The van der Waals surface area contributed by atoms with Crippen molar-refractivity contribution in [3.8, 4) is 22.9 Å². The van der Waals surface area contributed by atoms with Crippen LogP contribution in [-0.4, -0.2) is 24.2 Å². The second-order valence-electron chi connectivity index (χ2n) is 4.99. The topological polar surface area (TPSA) is 82.3 Å². The van der Waals surface area contributed by atoms with E-state index in [0.29, 0.717) is 29.1 Å². The van der Waals surface area contributed by atoms with Gasteiger partial charge in [-0.3, -0.25) is 0 Å². The van der Waals surface area contributed by atoms with E-state index < -0.39 is 0 Å². The molecule has 6 nitrogen and oxygen atoms in total. The fraction of sp³-hybridized carbons (Fsp3) is 0.333.